The van der Waals surface area contributed by atoms with Gasteiger partial charge in [0.05, 0.1) is 18.0 Å². The van der Waals surface area contributed by atoms with Crippen molar-refractivity contribution in [2.75, 3.05) is 30.3 Å². The van der Waals surface area contributed by atoms with E-state index in [9.17, 15) is 13.2 Å². The quantitative estimate of drug-likeness (QED) is 0.524. The molecule has 0 spiro atoms. The molecule has 0 radical (unpaired) electrons. The molecule has 1 aliphatic heterocycles. The van der Waals surface area contributed by atoms with Crippen LogP contribution in [0.5, 0.6) is 23.0 Å². The van der Waals surface area contributed by atoms with E-state index in [1.165, 1.54) is 0 Å². The Morgan fingerprint density at radius 2 is 1.68 bits per heavy atom. The summed E-state index contributed by atoms with van der Waals surface area (Å²) in [6, 6.07) is 20.8. The fourth-order valence-corrected chi connectivity index (χ4v) is 4.44. The van der Waals surface area contributed by atoms with Crippen LogP contribution in [0.1, 0.15) is 18.5 Å². The van der Waals surface area contributed by atoms with Crippen molar-refractivity contribution in [1.82, 2.24) is 5.32 Å². The molecule has 4 rings (SSSR count). The average molecular weight is 483 g/mol. The van der Waals surface area contributed by atoms with Gasteiger partial charge < -0.3 is 19.5 Å². The predicted molar refractivity (Wildman–Crippen MR) is 129 cm³/mol. The van der Waals surface area contributed by atoms with E-state index >= 15 is 0 Å². The van der Waals surface area contributed by atoms with Crippen LogP contribution in [0.2, 0.25) is 0 Å². The van der Waals surface area contributed by atoms with Gasteiger partial charge in [-0.1, -0.05) is 36.4 Å². The highest BCUT2D eigenvalue weighted by molar-refractivity contribution is 7.92. The molecule has 1 atom stereocenters. The van der Waals surface area contributed by atoms with Gasteiger partial charge in [-0.3, -0.25) is 9.10 Å². The second kappa shape index (κ2) is 10.0. The molecule has 0 aliphatic carbocycles. The van der Waals surface area contributed by atoms with Gasteiger partial charge in [-0.2, -0.15) is 0 Å². The van der Waals surface area contributed by atoms with E-state index in [0.717, 1.165) is 16.1 Å². The Balaban J connectivity index is 1.52. The smallest absolute Gasteiger partial charge is 0.241 e. The van der Waals surface area contributed by atoms with Crippen molar-refractivity contribution in [2.24, 2.45) is 0 Å². The normalized spacial score (nSPS) is 13.6. The van der Waals surface area contributed by atoms with Crippen molar-refractivity contribution in [3.05, 3.63) is 78.4 Å². The number of para-hydroxylation sites is 3. The number of benzene rings is 3. The highest BCUT2D eigenvalue weighted by Crippen LogP contribution is 2.34. The van der Waals surface area contributed by atoms with E-state index in [4.69, 9.17) is 14.2 Å². The van der Waals surface area contributed by atoms with E-state index < -0.39 is 22.5 Å². The first-order chi connectivity index (χ1) is 16.3. The SMILES string of the molecule is C[C@H](NC(=O)CN(c1ccccc1Oc1ccccc1)S(C)(=O)=O)c1ccc2c(c1)OCCO2. The molecule has 1 heterocycles. The highest BCUT2D eigenvalue weighted by Gasteiger charge is 2.25. The van der Waals surface area contributed by atoms with E-state index in [-0.39, 0.29) is 11.7 Å². The zero-order valence-electron chi connectivity index (χ0n) is 18.9. The summed E-state index contributed by atoms with van der Waals surface area (Å²) in [5.41, 5.74) is 1.09. The highest BCUT2D eigenvalue weighted by atomic mass is 32.2. The first kappa shape index (κ1) is 23.4. The molecule has 1 N–H and O–H groups in total. The summed E-state index contributed by atoms with van der Waals surface area (Å²) in [7, 11) is -3.78. The monoisotopic (exact) mass is 482 g/mol. The molecule has 34 heavy (non-hydrogen) atoms. The van der Waals surface area contributed by atoms with Gasteiger partial charge in [0, 0.05) is 0 Å². The summed E-state index contributed by atoms with van der Waals surface area (Å²) in [5.74, 6) is 1.70. The molecule has 1 aliphatic rings. The van der Waals surface area contributed by atoms with Crippen LogP contribution >= 0.6 is 0 Å². The number of ether oxygens (including phenoxy) is 3. The van der Waals surface area contributed by atoms with Gasteiger partial charge in [-0.25, -0.2) is 8.42 Å². The molecule has 1 amide bonds. The van der Waals surface area contributed by atoms with Crippen LogP contribution in [0.3, 0.4) is 0 Å². The predicted octanol–water partition coefficient (Wildman–Crippen LogP) is 3.89. The number of sulfonamides is 1. The molecular weight excluding hydrogens is 456 g/mol. The van der Waals surface area contributed by atoms with E-state index in [1.807, 2.05) is 37.3 Å². The third kappa shape index (κ3) is 5.60. The second-order valence-corrected chi connectivity index (χ2v) is 9.75. The Kier molecular flexibility index (Phi) is 6.93. The maximum Gasteiger partial charge on any atom is 0.241 e. The third-order valence-corrected chi connectivity index (χ3v) is 6.36. The van der Waals surface area contributed by atoms with Gasteiger partial charge >= 0.3 is 0 Å². The standard InChI is InChI=1S/C25H26N2O6S/c1-18(19-12-13-23-24(16-19)32-15-14-31-23)26-25(28)17-27(34(2,29)30)21-10-6-7-11-22(21)33-20-8-4-3-5-9-20/h3-13,16,18H,14-15,17H2,1-2H3,(H,26,28)/t18-/m0/s1. The molecule has 0 unspecified atom stereocenters. The minimum absolute atomic E-state index is 0.274. The Bertz CT molecular complexity index is 1260. The summed E-state index contributed by atoms with van der Waals surface area (Å²) in [5, 5.41) is 2.86. The number of nitrogens with zero attached hydrogens (tertiary/aromatic N) is 1. The maximum atomic E-state index is 12.9. The number of carbonyl (C=O) groups is 1. The molecule has 0 aromatic heterocycles. The van der Waals surface area contributed by atoms with Crippen molar-refractivity contribution in [1.29, 1.82) is 0 Å². The zero-order valence-corrected chi connectivity index (χ0v) is 19.7. The lowest BCUT2D eigenvalue weighted by atomic mass is 10.1. The first-order valence-electron chi connectivity index (χ1n) is 10.8. The van der Waals surface area contributed by atoms with Gasteiger partial charge in [0.15, 0.2) is 17.2 Å². The molecule has 178 valence electrons. The number of amides is 1. The largest absolute Gasteiger partial charge is 0.486 e. The van der Waals surface area contributed by atoms with Crippen LogP contribution in [0.4, 0.5) is 5.69 Å². The molecule has 3 aromatic rings. The maximum absolute atomic E-state index is 12.9. The van der Waals surface area contributed by atoms with Crippen LogP contribution in [-0.4, -0.2) is 40.3 Å². The van der Waals surface area contributed by atoms with Gasteiger partial charge in [0.1, 0.15) is 25.5 Å². The molecule has 3 aromatic carbocycles. The zero-order chi connectivity index (χ0) is 24.1. The van der Waals surface area contributed by atoms with Gasteiger partial charge in [0.2, 0.25) is 15.9 Å². The number of anilines is 1. The van der Waals surface area contributed by atoms with Gasteiger partial charge in [-0.05, 0) is 48.9 Å². The van der Waals surface area contributed by atoms with Crippen molar-refractivity contribution in [3.63, 3.8) is 0 Å². The van der Waals surface area contributed by atoms with Crippen LogP contribution in [-0.2, 0) is 14.8 Å². The number of rotatable bonds is 8. The molecule has 8 nitrogen and oxygen atoms in total. The van der Waals surface area contributed by atoms with E-state index in [0.29, 0.717) is 36.2 Å². The Labute approximate surface area is 199 Å². The van der Waals surface area contributed by atoms with E-state index in [2.05, 4.69) is 5.32 Å². The molecule has 0 saturated heterocycles. The summed E-state index contributed by atoms with van der Waals surface area (Å²) < 4.78 is 43.4. The summed E-state index contributed by atoms with van der Waals surface area (Å²) >= 11 is 0. The fourth-order valence-electron chi connectivity index (χ4n) is 3.58. The second-order valence-electron chi connectivity index (χ2n) is 7.84. The summed E-state index contributed by atoms with van der Waals surface area (Å²) in [4.78, 5) is 12.9. The average Bonchev–Trinajstić information content (AvgIpc) is 2.83. The first-order valence-corrected chi connectivity index (χ1v) is 12.6. The Morgan fingerprint density at radius 1 is 1.00 bits per heavy atom. The van der Waals surface area contributed by atoms with Crippen molar-refractivity contribution < 1.29 is 27.4 Å². The fraction of sp³-hybridized carbons (Fsp3) is 0.240. The topological polar surface area (TPSA) is 94.2 Å². The van der Waals surface area contributed by atoms with Gasteiger partial charge in [0.25, 0.3) is 0 Å². The third-order valence-electron chi connectivity index (χ3n) is 5.24. The van der Waals surface area contributed by atoms with Crippen molar-refractivity contribution >= 4 is 21.6 Å². The Hall–Kier alpha value is -3.72. The lowest BCUT2D eigenvalue weighted by Gasteiger charge is -2.25. The van der Waals surface area contributed by atoms with E-state index in [1.54, 1.807) is 42.5 Å². The lowest BCUT2D eigenvalue weighted by molar-refractivity contribution is -0.120. The number of nitrogens with one attached hydrogen (secondary N) is 1. The van der Waals surface area contributed by atoms with Crippen LogP contribution in [0.25, 0.3) is 0 Å². The number of carbonyl (C=O) groups excluding carboxylic acids is 1. The summed E-state index contributed by atoms with van der Waals surface area (Å²) in [6.45, 7) is 2.38. The van der Waals surface area contributed by atoms with Crippen LogP contribution < -0.4 is 23.8 Å². The van der Waals surface area contributed by atoms with Crippen molar-refractivity contribution in [2.45, 2.75) is 13.0 Å². The molecule has 9 heteroatoms. The molecule has 0 bridgehead atoms. The van der Waals surface area contributed by atoms with Crippen molar-refractivity contribution in [3.8, 4) is 23.0 Å². The molecule has 0 saturated carbocycles. The molecular formula is C25H26N2O6S. The van der Waals surface area contributed by atoms with Gasteiger partial charge in [-0.15, -0.1) is 0 Å². The Morgan fingerprint density at radius 3 is 2.41 bits per heavy atom. The van der Waals surface area contributed by atoms with Crippen LogP contribution in [0.15, 0.2) is 72.8 Å². The summed E-state index contributed by atoms with van der Waals surface area (Å²) in [6.07, 6.45) is 1.06. The number of hydrogen-bond donors (Lipinski definition) is 1. The molecule has 0 fully saturated rings. The number of hydrogen-bond acceptors (Lipinski definition) is 6. The van der Waals surface area contributed by atoms with Crippen LogP contribution in [0, 0.1) is 0 Å². The minimum atomic E-state index is -3.78. The number of fused-ring (bicyclic) bond motifs is 1. The lowest BCUT2D eigenvalue weighted by Crippen LogP contribution is -2.41. The minimum Gasteiger partial charge on any atom is -0.486 e.